The SMILES string of the molecule is C/C=C\c1ccc(OCC(=O)N[C@@H](C)c2cc3ccccc3o2)c(OC)c1. The van der Waals surface area contributed by atoms with E-state index in [-0.39, 0.29) is 18.6 Å². The summed E-state index contributed by atoms with van der Waals surface area (Å²) in [7, 11) is 1.57. The van der Waals surface area contributed by atoms with Crippen LogP contribution in [0.2, 0.25) is 0 Å². The van der Waals surface area contributed by atoms with E-state index in [2.05, 4.69) is 5.32 Å². The second kappa shape index (κ2) is 8.45. The molecule has 1 heterocycles. The number of furan rings is 1. The van der Waals surface area contributed by atoms with Gasteiger partial charge in [-0.25, -0.2) is 0 Å². The highest BCUT2D eigenvalue weighted by Gasteiger charge is 2.15. The molecule has 3 rings (SSSR count). The average molecular weight is 365 g/mol. The summed E-state index contributed by atoms with van der Waals surface area (Å²) in [5, 5.41) is 3.90. The number of hydrogen-bond acceptors (Lipinski definition) is 4. The highest BCUT2D eigenvalue weighted by molar-refractivity contribution is 5.80. The predicted octanol–water partition coefficient (Wildman–Crippen LogP) is 4.73. The topological polar surface area (TPSA) is 60.7 Å². The number of carbonyl (C=O) groups is 1. The molecule has 0 aliphatic carbocycles. The highest BCUT2D eigenvalue weighted by atomic mass is 16.5. The molecule has 0 radical (unpaired) electrons. The van der Waals surface area contributed by atoms with Crippen LogP contribution in [0.1, 0.15) is 31.2 Å². The number of hydrogen-bond donors (Lipinski definition) is 1. The summed E-state index contributed by atoms with van der Waals surface area (Å²) in [6.07, 6.45) is 3.91. The average Bonchev–Trinajstić information content (AvgIpc) is 3.11. The molecule has 27 heavy (non-hydrogen) atoms. The first kappa shape index (κ1) is 18.6. The molecule has 0 saturated carbocycles. The van der Waals surface area contributed by atoms with E-state index in [0.29, 0.717) is 17.3 Å². The number of carbonyl (C=O) groups excluding carboxylic acids is 1. The van der Waals surface area contributed by atoms with Crippen LogP contribution in [0.3, 0.4) is 0 Å². The number of nitrogens with one attached hydrogen (secondary N) is 1. The first-order chi connectivity index (χ1) is 13.1. The van der Waals surface area contributed by atoms with Crippen LogP contribution < -0.4 is 14.8 Å². The summed E-state index contributed by atoms with van der Waals surface area (Å²) in [6, 6.07) is 15.0. The Morgan fingerprint density at radius 1 is 1.19 bits per heavy atom. The molecule has 5 nitrogen and oxygen atoms in total. The molecule has 2 aromatic carbocycles. The summed E-state index contributed by atoms with van der Waals surface area (Å²) >= 11 is 0. The zero-order valence-electron chi connectivity index (χ0n) is 15.7. The number of para-hydroxylation sites is 1. The van der Waals surface area contributed by atoms with Crippen LogP contribution in [0.15, 0.2) is 59.0 Å². The summed E-state index contributed by atoms with van der Waals surface area (Å²) in [4.78, 5) is 12.3. The van der Waals surface area contributed by atoms with Crippen LogP contribution >= 0.6 is 0 Å². The number of fused-ring (bicyclic) bond motifs is 1. The van der Waals surface area contributed by atoms with Crippen LogP contribution in [0.5, 0.6) is 11.5 Å². The van der Waals surface area contributed by atoms with Crippen LogP contribution in [-0.4, -0.2) is 19.6 Å². The van der Waals surface area contributed by atoms with Gasteiger partial charge in [-0.2, -0.15) is 0 Å². The zero-order chi connectivity index (χ0) is 19.2. The number of allylic oxidation sites excluding steroid dienone is 1. The molecular weight excluding hydrogens is 342 g/mol. The van der Waals surface area contributed by atoms with E-state index in [0.717, 1.165) is 16.5 Å². The van der Waals surface area contributed by atoms with Gasteiger partial charge in [-0.15, -0.1) is 0 Å². The molecule has 0 spiro atoms. The van der Waals surface area contributed by atoms with Crippen molar-refractivity contribution in [2.24, 2.45) is 0 Å². The van der Waals surface area contributed by atoms with E-state index < -0.39 is 0 Å². The maximum atomic E-state index is 12.3. The lowest BCUT2D eigenvalue weighted by atomic mass is 10.2. The van der Waals surface area contributed by atoms with Gasteiger partial charge in [0.1, 0.15) is 11.3 Å². The molecular formula is C22H23NO4. The van der Waals surface area contributed by atoms with Gasteiger partial charge in [0, 0.05) is 5.39 Å². The fourth-order valence-corrected chi connectivity index (χ4v) is 2.81. The molecule has 1 atom stereocenters. The van der Waals surface area contributed by atoms with E-state index in [1.54, 1.807) is 13.2 Å². The van der Waals surface area contributed by atoms with E-state index in [4.69, 9.17) is 13.9 Å². The van der Waals surface area contributed by atoms with Crippen LogP contribution in [0.4, 0.5) is 0 Å². The Kier molecular flexibility index (Phi) is 5.81. The maximum absolute atomic E-state index is 12.3. The number of rotatable bonds is 7. The molecule has 0 saturated heterocycles. The van der Waals surface area contributed by atoms with Crippen molar-refractivity contribution in [3.63, 3.8) is 0 Å². The van der Waals surface area contributed by atoms with Gasteiger partial charge >= 0.3 is 0 Å². The van der Waals surface area contributed by atoms with Crippen molar-refractivity contribution in [1.29, 1.82) is 0 Å². The number of benzene rings is 2. The molecule has 0 bridgehead atoms. The van der Waals surface area contributed by atoms with Crippen molar-refractivity contribution in [2.75, 3.05) is 13.7 Å². The highest BCUT2D eigenvalue weighted by Crippen LogP contribution is 2.28. The summed E-state index contributed by atoms with van der Waals surface area (Å²) in [5.41, 5.74) is 1.81. The predicted molar refractivity (Wildman–Crippen MR) is 106 cm³/mol. The maximum Gasteiger partial charge on any atom is 0.258 e. The minimum absolute atomic E-state index is 0.107. The third kappa shape index (κ3) is 4.50. The second-order valence-corrected chi connectivity index (χ2v) is 6.17. The Balaban J connectivity index is 1.60. The van der Waals surface area contributed by atoms with Crippen molar-refractivity contribution in [1.82, 2.24) is 5.32 Å². The smallest absolute Gasteiger partial charge is 0.258 e. The molecule has 0 aliphatic heterocycles. The fraction of sp³-hybridized carbons (Fsp3) is 0.227. The summed E-state index contributed by atoms with van der Waals surface area (Å²) < 4.78 is 16.8. The van der Waals surface area contributed by atoms with Gasteiger partial charge in [0.05, 0.1) is 13.2 Å². The second-order valence-electron chi connectivity index (χ2n) is 6.17. The van der Waals surface area contributed by atoms with Gasteiger partial charge in [0.2, 0.25) is 0 Å². The van der Waals surface area contributed by atoms with Gasteiger partial charge in [-0.3, -0.25) is 4.79 Å². The molecule has 0 unspecified atom stereocenters. The monoisotopic (exact) mass is 365 g/mol. The summed E-state index contributed by atoms with van der Waals surface area (Å²) in [5.74, 6) is 1.58. The van der Waals surface area contributed by atoms with Crippen molar-refractivity contribution in [3.05, 3.63) is 65.9 Å². The van der Waals surface area contributed by atoms with Gasteiger partial charge < -0.3 is 19.2 Å². The third-order valence-electron chi connectivity index (χ3n) is 4.15. The molecule has 140 valence electrons. The van der Waals surface area contributed by atoms with E-state index in [1.807, 2.05) is 68.5 Å². The number of ether oxygens (including phenoxy) is 2. The Bertz CT molecular complexity index is 925. The largest absolute Gasteiger partial charge is 0.493 e. The number of methoxy groups -OCH3 is 1. The normalized spacial score (nSPS) is 12.3. The Morgan fingerprint density at radius 3 is 2.74 bits per heavy atom. The third-order valence-corrected chi connectivity index (χ3v) is 4.15. The molecule has 1 amide bonds. The molecule has 0 fully saturated rings. The standard InChI is InChI=1S/C22H23NO4/c1-4-7-16-10-11-19(21(12-16)25-3)26-14-22(24)23-15(2)20-13-17-8-5-6-9-18(17)27-20/h4-13,15H,14H2,1-3H3,(H,23,24)/b7-4-/t15-/m0/s1. The Morgan fingerprint density at radius 2 is 2.00 bits per heavy atom. The number of amides is 1. The van der Waals surface area contributed by atoms with Gasteiger partial charge in [-0.05, 0) is 43.7 Å². The van der Waals surface area contributed by atoms with Crippen LogP contribution in [-0.2, 0) is 4.79 Å². The zero-order valence-corrected chi connectivity index (χ0v) is 15.7. The minimum Gasteiger partial charge on any atom is -0.493 e. The van der Waals surface area contributed by atoms with Crippen LogP contribution in [0.25, 0.3) is 17.0 Å². The van der Waals surface area contributed by atoms with Crippen LogP contribution in [0, 0.1) is 0 Å². The van der Waals surface area contributed by atoms with Crippen molar-refractivity contribution in [2.45, 2.75) is 19.9 Å². The molecule has 0 aliphatic rings. The van der Waals surface area contributed by atoms with Gasteiger partial charge in [0.15, 0.2) is 18.1 Å². The van der Waals surface area contributed by atoms with Gasteiger partial charge in [0.25, 0.3) is 5.91 Å². The van der Waals surface area contributed by atoms with Crippen molar-refractivity contribution < 1.29 is 18.7 Å². The van der Waals surface area contributed by atoms with Crippen molar-refractivity contribution in [3.8, 4) is 11.5 Å². The Labute approximate surface area is 158 Å². The lowest BCUT2D eigenvalue weighted by molar-refractivity contribution is -0.123. The van der Waals surface area contributed by atoms with E-state index in [9.17, 15) is 4.79 Å². The summed E-state index contributed by atoms with van der Waals surface area (Å²) in [6.45, 7) is 3.72. The minimum atomic E-state index is -0.257. The fourth-order valence-electron chi connectivity index (χ4n) is 2.81. The molecule has 5 heteroatoms. The lowest BCUT2D eigenvalue weighted by Gasteiger charge is -2.14. The van der Waals surface area contributed by atoms with E-state index >= 15 is 0 Å². The first-order valence-electron chi connectivity index (χ1n) is 8.82. The molecule has 3 aromatic rings. The molecule has 1 N–H and O–H groups in total. The van der Waals surface area contributed by atoms with E-state index in [1.165, 1.54) is 0 Å². The Hall–Kier alpha value is -3.21. The van der Waals surface area contributed by atoms with Crippen molar-refractivity contribution >= 4 is 23.0 Å². The lowest BCUT2D eigenvalue weighted by Crippen LogP contribution is -2.31. The molecule has 1 aromatic heterocycles. The first-order valence-corrected chi connectivity index (χ1v) is 8.82. The quantitative estimate of drug-likeness (QED) is 0.657. The van der Waals surface area contributed by atoms with Gasteiger partial charge in [-0.1, -0.05) is 36.4 Å².